The van der Waals surface area contributed by atoms with Crippen molar-refractivity contribution in [2.24, 2.45) is 0 Å². The number of amides is 1. The Hall–Kier alpha value is -1.12. The summed E-state index contributed by atoms with van der Waals surface area (Å²) in [6, 6.07) is 0. The highest BCUT2D eigenvalue weighted by atomic mass is 16.1. The quantitative estimate of drug-likeness (QED) is 0.604. The normalized spacial score (nSPS) is 17.5. The Kier molecular flexibility index (Phi) is 2.08. The minimum Gasteiger partial charge on any atom is -0.330 e. The van der Waals surface area contributed by atoms with Gasteiger partial charge in [0, 0.05) is 24.6 Å². The Morgan fingerprint density at radius 1 is 1.45 bits per heavy atom. The zero-order chi connectivity index (χ0) is 8.43. The third-order valence-corrected chi connectivity index (χ3v) is 1.80. The molecule has 0 saturated carbocycles. The molecule has 0 unspecified atom stereocenters. The third-order valence-electron chi connectivity index (χ3n) is 1.80. The molecule has 0 aromatic rings. The van der Waals surface area contributed by atoms with E-state index < -0.39 is 0 Å². The molecule has 60 valence electrons. The van der Waals surface area contributed by atoms with Crippen molar-refractivity contribution in [2.75, 3.05) is 0 Å². The summed E-state index contributed by atoms with van der Waals surface area (Å²) in [5.74, 6) is 0.0443. The summed E-state index contributed by atoms with van der Waals surface area (Å²) in [7, 11) is 0. The van der Waals surface area contributed by atoms with Crippen LogP contribution in [-0.2, 0) is 9.59 Å². The van der Waals surface area contributed by atoms with E-state index in [9.17, 15) is 9.59 Å². The molecule has 0 spiro atoms. The highest BCUT2D eigenvalue weighted by Crippen LogP contribution is 2.19. The van der Waals surface area contributed by atoms with Crippen LogP contribution in [0.25, 0.3) is 0 Å². The number of hydrogen-bond acceptors (Lipinski definition) is 2. The van der Waals surface area contributed by atoms with E-state index in [1.807, 2.05) is 0 Å². The lowest BCUT2D eigenvalue weighted by atomic mass is 10.2. The van der Waals surface area contributed by atoms with Crippen molar-refractivity contribution in [3.8, 4) is 0 Å². The molecule has 1 aliphatic carbocycles. The van der Waals surface area contributed by atoms with Crippen molar-refractivity contribution < 1.29 is 9.59 Å². The summed E-state index contributed by atoms with van der Waals surface area (Å²) in [4.78, 5) is 21.6. The van der Waals surface area contributed by atoms with Gasteiger partial charge in [0.05, 0.1) is 0 Å². The van der Waals surface area contributed by atoms with Crippen LogP contribution in [0.3, 0.4) is 0 Å². The van der Waals surface area contributed by atoms with E-state index in [1.165, 1.54) is 6.92 Å². The molecular weight excluding hydrogens is 142 g/mol. The predicted octanol–water partition coefficient (Wildman–Crippen LogP) is 0.759. The van der Waals surface area contributed by atoms with Gasteiger partial charge in [-0.15, -0.1) is 0 Å². The number of allylic oxidation sites excluding steroid dienone is 2. The summed E-state index contributed by atoms with van der Waals surface area (Å²) in [5, 5.41) is 2.64. The maximum Gasteiger partial charge on any atom is 0.221 e. The zero-order valence-electron chi connectivity index (χ0n) is 6.73. The number of rotatable bonds is 1. The number of Topliss-reactive ketones (excluding diaryl/α,β-unsaturated/α-hetero) is 1. The van der Waals surface area contributed by atoms with Gasteiger partial charge in [-0.2, -0.15) is 0 Å². The molecule has 0 bridgehead atoms. The monoisotopic (exact) mass is 153 g/mol. The highest BCUT2D eigenvalue weighted by Gasteiger charge is 2.19. The van der Waals surface area contributed by atoms with E-state index in [2.05, 4.69) is 5.32 Å². The molecule has 1 N–H and O–H groups in total. The topological polar surface area (TPSA) is 46.2 Å². The molecular formula is C8H11NO2. The summed E-state index contributed by atoms with van der Waals surface area (Å²) < 4.78 is 0. The first-order chi connectivity index (χ1) is 5.11. The average molecular weight is 153 g/mol. The standard InChI is InChI=1S/C8H11NO2/c1-5-7(9-6(2)10)3-4-8(5)11/h3-4H2,1-2H3,(H,9,10). The van der Waals surface area contributed by atoms with Gasteiger partial charge in [0.1, 0.15) is 0 Å². The molecule has 0 radical (unpaired) electrons. The maximum atomic E-state index is 11.0. The van der Waals surface area contributed by atoms with E-state index in [0.29, 0.717) is 18.4 Å². The molecule has 1 amide bonds. The van der Waals surface area contributed by atoms with Gasteiger partial charge in [-0.3, -0.25) is 9.59 Å². The van der Waals surface area contributed by atoms with Gasteiger partial charge in [-0.1, -0.05) is 0 Å². The molecule has 1 aliphatic rings. The molecule has 0 aliphatic heterocycles. The highest BCUT2D eigenvalue weighted by molar-refractivity contribution is 5.98. The van der Waals surface area contributed by atoms with Crippen LogP contribution >= 0.6 is 0 Å². The van der Waals surface area contributed by atoms with Gasteiger partial charge >= 0.3 is 0 Å². The first kappa shape index (κ1) is 7.98. The Bertz CT molecular complexity index is 240. The van der Waals surface area contributed by atoms with E-state index in [4.69, 9.17) is 0 Å². The van der Waals surface area contributed by atoms with Crippen LogP contribution < -0.4 is 5.32 Å². The van der Waals surface area contributed by atoms with Gasteiger partial charge in [-0.25, -0.2) is 0 Å². The van der Waals surface area contributed by atoms with E-state index in [1.54, 1.807) is 6.92 Å². The van der Waals surface area contributed by atoms with Crippen LogP contribution in [0.5, 0.6) is 0 Å². The largest absolute Gasteiger partial charge is 0.330 e. The zero-order valence-corrected chi connectivity index (χ0v) is 6.73. The lowest BCUT2D eigenvalue weighted by molar-refractivity contribution is -0.118. The van der Waals surface area contributed by atoms with Crippen LogP contribution in [0.1, 0.15) is 26.7 Å². The van der Waals surface area contributed by atoms with Crippen LogP contribution in [-0.4, -0.2) is 11.7 Å². The molecule has 0 atom stereocenters. The molecule has 0 saturated heterocycles. The summed E-state index contributed by atoms with van der Waals surface area (Å²) >= 11 is 0. The molecule has 3 nitrogen and oxygen atoms in total. The van der Waals surface area contributed by atoms with Crippen molar-refractivity contribution in [2.45, 2.75) is 26.7 Å². The van der Waals surface area contributed by atoms with Gasteiger partial charge < -0.3 is 5.32 Å². The summed E-state index contributed by atoms with van der Waals surface area (Å²) in [5.41, 5.74) is 1.50. The second-order valence-corrected chi connectivity index (χ2v) is 2.71. The van der Waals surface area contributed by atoms with Crippen molar-refractivity contribution in [3.05, 3.63) is 11.3 Å². The minimum atomic E-state index is -0.103. The number of hydrogen-bond donors (Lipinski definition) is 1. The average Bonchev–Trinajstić information content (AvgIpc) is 2.18. The SMILES string of the molecule is CC(=O)NC1=C(C)C(=O)CC1. The predicted molar refractivity (Wildman–Crippen MR) is 40.8 cm³/mol. The van der Waals surface area contributed by atoms with Crippen molar-refractivity contribution in [1.29, 1.82) is 0 Å². The van der Waals surface area contributed by atoms with Gasteiger partial charge in [-0.05, 0) is 13.3 Å². The van der Waals surface area contributed by atoms with Crippen molar-refractivity contribution in [1.82, 2.24) is 5.32 Å². The Labute approximate surface area is 65.5 Å². The Morgan fingerprint density at radius 2 is 2.09 bits per heavy atom. The molecule has 0 heterocycles. The number of carbonyl (C=O) groups excluding carboxylic acids is 2. The number of carbonyl (C=O) groups is 2. The second kappa shape index (κ2) is 2.86. The molecule has 3 heteroatoms. The first-order valence-corrected chi connectivity index (χ1v) is 3.62. The summed E-state index contributed by atoms with van der Waals surface area (Å²) in [6.07, 6.45) is 1.23. The van der Waals surface area contributed by atoms with Crippen LogP contribution in [0, 0.1) is 0 Å². The van der Waals surface area contributed by atoms with Crippen LogP contribution in [0.2, 0.25) is 0 Å². The molecule has 0 aromatic carbocycles. The van der Waals surface area contributed by atoms with Crippen molar-refractivity contribution >= 4 is 11.7 Å². The van der Waals surface area contributed by atoms with Crippen molar-refractivity contribution in [3.63, 3.8) is 0 Å². The second-order valence-electron chi connectivity index (χ2n) is 2.71. The van der Waals surface area contributed by atoms with Crippen LogP contribution in [0.15, 0.2) is 11.3 Å². The van der Waals surface area contributed by atoms with E-state index in [-0.39, 0.29) is 11.7 Å². The Morgan fingerprint density at radius 3 is 2.45 bits per heavy atom. The van der Waals surface area contributed by atoms with Gasteiger partial charge in [0.2, 0.25) is 5.91 Å². The molecule has 11 heavy (non-hydrogen) atoms. The number of nitrogens with one attached hydrogen (secondary N) is 1. The lowest BCUT2D eigenvalue weighted by Crippen LogP contribution is -2.18. The van der Waals surface area contributed by atoms with Gasteiger partial charge in [0.15, 0.2) is 5.78 Å². The van der Waals surface area contributed by atoms with E-state index in [0.717, 1.165) is 5.70 Å². The smallest absolute Gasteiger partial charge is 0.221 e. The minimum absolute atomic E-state index is 0.103. The Balaban J connectivity index is 2.72. The molecule has 0 fully saturated rings. The van der Waals surface area contributed by atoms with E-state index >= 15 is 0 Å². The van der Waals surface area contributed by atoms with Crippen LogP contribution in [0.4, 0.5) is 0 Å². The number of ketones is 1. The summed E-state index contributed by atoms with van der Waals surface area (Å²) in [6.45, 7) is 3.20. The molecule has 0 aromatic heterocycles. The fourth-order valence-corrected chi connectivity index (χ4v) is 1.15. The van der Waals surface area contributed by atoms with Gasteiger partial charge in [0.25, 0.3) is 0 Å². The fourth-order valence-electron chi connectivity index (χ4n) is 1.15. The molecule has 1 rings (SSSR count). The maximum absolute atomic E-state index is 11.0. The fraction of sp³-hybridized carbons (Fsp3) is 0.500. The lowest BCUT2D eigenvalue weighted by Gasteiger charge is -2.01. The first-order valence-electron chi connectivity index (χ1n) is 3.62. The third kappa shape index (κ3) is 1.67.